The van der Waals surface area contributed by atoms with Crippen molar-refractivity contribution in [3.8, 4) is 0 Å². The normalized spacial score (nSPS) is 24.6. The molecule has 8 heteroatoms. The van der Waals surface area contributed by atoms with Gasteiger partial charge in [-0.05, 0) is 0 Å². The Morgan fingerprint density at radius 2 is 2.28 bits per heavy atom. The molecule has 0 aliphatic carbocycles. The highest BCUT2D eigenvalue weighted by Crippen LogP contribution is 2.06. The van der Waals surface area contributed by atoms with Crippen molar-refractivity contribution in [2.45, 2.75) is 32.4 Å². The van der Waals surface area contributed by atoms with Gasteiger partial charge in [-0.3, -0.25) is 9.59 Å². The van der Waals surface area contributed by atoms with Gasteiger partial charge >= 0.3 is 11.9 Å². The smallest absolute Gasteiger partial charge is 0.306 e. The Bertz CT molecular complexity index is 310. The van der Waals surface area contributed by atoms with Gasteiger partial charge in [0.15, 0.2) is 7.00 Å². The summed E-state index contributed by atoms with van der Waals surface area (Å²) in [6.07, 6.45) is -0.741. The summed E-state index contributed by atoms with van der Waals surface area (Å²) in [6, 6.07) is -0.177. The minimum atomic E-state index is -1.03. The first-order chi connectivity index (χ1) is 8.51. The lowest BCUT2D eigenvalue weighted by molar-refractivity contribution is -0.152. The Morgan fingerprint density at radius 1 is 1.56 bits per heavy atom. The van der Waals surface area contributed by atoms with Gasteiger partial charge in [-0.2, -0.15) is 9.12 Å². The standard InChI is InChI=1S/C9H16BNO5P.CH4/c12-8(13)1-2-9(14)15-5-6-3-11-4-7(10-17)16-6;/h6-7,11H,1-5,17H2,(H,12,13);1H4/i/hT. The van der Waals surface area contributed by atoms with Crippen molar-refractivity contribution >= 4 is 28.1 Å². The molecule has 1 aliphatic heterocycles. The third kappa shape index (κ3) is 6.94. The molecule has 6 nitrogen and oxygen atoms in total. The number of morpholine rings is 1. The van der Waals surface area contributed by atoms with Crippen molar-refractivity contribution in [3.05, 3.63) is 0 Å². The molecule has 3 unspecified atom stereocenters. The number of carboxylic acid groups (broad SMARTS) is 1. The van der Waals surface area contributed by atoms with E-state index in [4.69, 9.17) is 16.0 Å². The summed E-state index contributed by atoms with van der Waals surface area (Å²) in [5.74, 6) is -1.59. The second kappa shape index (κ2) is 9.31. The summed E-state index contributed by atoms with van der Waals surface area (Å²) in [5, 5.41) is 9.76. The monoisotopic (exact) mass is 278 g/mol. The summed E-state index contributed by atoms with van der Waals surface area (Å²) >= 11 is 0. The molecule has 0 bridgehead atoms. The van der Waals surface area contributed by atoms with Gasteiger partial charge in [0.25, 0.3) is 0 Å². The van der Waals surface area contributed by atoms with Crippen LogP contribution in [0.4, 0.5) is 0 Å². The maximum absolute atomic E-state index is 11.2. The molecule has 1 heterocycles. The number of rotatable bonds is 6. The molecular formula is C10H20BNO5P. The molecule has 0 amide bonds. The summed E-state index contributed by atoms with van der Waals surface area (Å²) in [4.78, 5) is 21.5. The van der Waals surface area contributed by atoms with Crippen LogP contribution in [0.3, 0.4) is 0 Å². The summed E-state index contributed by atoms with van der Waals surface area (Å²) in [5.41, 5.74) is 0. The van der Waals surface area contributed by atoms with Crippen LogP contribution in [-0.2, 0) is 19.1 Å². The second-order valence-corrected chi connectivity index (χ2v) is 4.04. The molecule has 1 rings (SSSR count). The molecule has 1 fully saturated rings. The largest absolute Gasteiger partial charge is 0.481 e. The summed E-state index contributed by atoms with van der Waals surface area (Å²) in [7, 11) is 2.43. The van der Waals surface area contributed by atoms with E-state index in [1.165, 1.54) is 5.31 Å². The highest BCUT2D eigenvalue weighted by molar-refractivity contribution is 7.56. The predicted molar refractivity (Wildman–Crippen MR) is 71.6 cm³/mol. The van der Waals surface area contributed by atoms with Crippen molar-refractivity contribution in [2.75, 3.05) is 19.7 Å². The molecule has 0 aromatic rings. The van der Waals surface area contributed by atoms with E-state index in [9.17, 15) is 9.59 Å². The molecule has 18 heavy (non-hydrogen) atoms. The van der Waals surface area contributed by atoms with E-state index in [0.717, 1.165) is 0 Å². The van der Waals surface area contributed by atoms with E-state index in [0.29, 0.717) is 13.1 Å². The highest BCUT2D eigenvalue weighted by Gasteiger charge is 2.22. The van der Waals surface area contributed by atoms with E-state index in [-0.39, 0.29) is 39.0 Å². The molecule has 0 saturated carbocycles. The lowest BCUT2D eigenvalue weighted by Crippen LogP contribution is -2.48. The van der Waals surface area contributed by atoms with Gasteiger partial charge in [0.05, 0.1) is 12.8 Å². The zero-order valence-electron chi connectivity index (χ0n) is 10.4. The number of esters is 1. The van der Waals surface area contributed by atoms with Crippen LogP contribution in [-0.4, -0.2) is 55.8 Å². The number of aliphatic carboxylic acids is 1. The molecule has 1 aliphatic rings. The molecule has 0 aromatic carbocycles. The number of hydrogen-bond donors (Lipinski definition) is 2. The summed E-state index contributed by atoms with van der Waals surface area (Å²) in [6.45, 7) is 2.65. The Labute approximate surface area is 112 Å². The van der Waals surface area contributed by atoms with Crippen LogP contribution >= 0.6 is 9.12 Å². The molecule has 3 atom stereocenters. The molecule has 0 spiro atoms. The fourth-order valence-corrected chi connectivity index (χ4v) is 1.56. The zero-order chi connectivity index (χ0) is 13.5. The van der Waals surface area contributed by atoms with Crippen molar-refractivity contribution in [1.82, 2.24) is 5.31 Å². The lowest BCUT2D eigenvalue weighted by Gasteiger charge is -2.29. The summed E-state index contributed by atoms with van der Waals surface area (Å²) < 4.78 is 18.0. The third-order valence-corrected chi connectivity index (χ3v) is 2.63. The topological polar surface area (TPSA) is 84.9 Å². The minimum Gasteiger partial charge on any atom is -0.481 e. The number of hydrogen-bond acceptors (Lipinski definition) is 5. The lowest BCUT2D eigenvalue weighted by atomic mass is 9.96. The fourth-order valence-electron chi connectivity index (χ4n) is 1.34. The average molecular weight is 278 g/mol. The first kappa shape index (κ1) is 15.4. The third-order valence-electron chi connectivity index (χ3n) is 2.20. The number of nitrogens with one attached hydrogen (secondary N) is 1. The van der Waals surface area contributed by atoms with Gasteiger partial charge in [0.2, 0.25) is 0 Å². The van der Waals surface area contributed by atoms with Gasteiger partial charge in [-0.25, -0.2) is 0 Å². The van der Waals surface area contributed by atoms with E-state index in [2.05, 4.69) is 9.12 Å². The Balaban J connectivity index is 0.00000324. The SMILES string of the molecule is C.[3H]N1CC([B]P)OC(COC(=O)CCC(=O)O)C1. The first-order valence-corrected chi connectivity index (χ1v) is 5.99. The van der Waals surface area contributed by atoms with E-state index in [1.807, 2.05) is 0 Å². The molecule has 0 aromatic heterocycles. The van der Waals surface area contributed by atoms with E-state index >= 15 is 0 Å². The second-order valence-electron chi connectivity index (χ2n) is 3.65. The van der Waals surface area contributed by atoms with Crippen molar-refractivity contribution in [3.63, 3.8) is 0 Å². The van der Waals surface area contributed by atoms with Gasteiger partial charge < -0.3 is 19.9 Å². The van der Waals surface area contributed by atoms with Crippen molar-refractivity contribution < 1.29 is 25.6 Å². The molecule has 1 saturated heterocycles. The Hall–Kier alpha value is -0.645. The molecular weight excluding hydrogens is 256 g/mol. The van der Waals surface area contributed by atoms with Crippen molar-refractivity contribution in [1.29, 1.82) is 0 Å². The quantitative estimate of drug-likeness (QED) is 0.399. The van der Waals surface area contributed by atoms with Gasteiger partial charge in [-0.1, -0.05) is 7.43 Å². The molecule has 1 radical (unpaired) electrons. The molecule has 2 N–H and O–H groups in total. The number of ether oxygens (including phenoxy) is 2. The Kier molecular flexibility index (Phi) is 7.97. The van der Waals surface area contributed by atoms with Crippen LogP contribution in [0.25, 0.3) is 0 Å². The van der Waals surface area contributed by atoms with Crippen LogP contribution in [0.2, 0.25) is 1.41 Å². The zero-order valence-corrected chi connectivity index (χ0v) is 10.5. The van der Waals surface area contributed by atoms with E-state index in [1.54, 1.807) is 7.00 Å². The number of carbonyl (C=O) groups is 2. The maximum atomic E-state index is 11.2. The first-order valence-electron chi connectivity index (χ1n) is 5.77. The fraction of sp³-hybridized carbons (Fsp3) is 0.800. The van der Waals surface area contributed by atoms with Crippen LogP contribution in [0.1, 0.15) is 20.3 Å². The van der Waals surface area contributed by atoms with Gasteiger partial charge in [0.1, 0.15) is 14.1 Å². The maximum Gasteiger partial charge on any atom is 0.306 e. The van der Waals surface area contributed by atoms with Crippen molar-refractivity contribution in [2.24, 2.45) is 0 Å². The van der Waals surface area contributed by atoms with Gasteiger partial charge in [-0.15, -0.1) is 0 Å². The van der Waals surface area contributed by atoms with Crippen LogP contribution in [0.15, 0.2) is 0 Å². The number of carbonyl (C=O) groups excluding carboxylic acids is 1. The predicted octanol–water partition coefficient (Wildman–Crippen LogP) is -0.161. The highest BCUT2D eigenvalue weighted by atomic mass is 31.0. The Morgan fingerprint density at radius 3 is 2.89 bits per heavy atom. The van der Waals surface area contributed by atoms with Crippen LogP contribution < -0.4 is 5.31 Å². The minimum absolute atomic E-state index is 0. The van der Waals surface area contributed by atoms with Gasteiger partial charge in [0, 0.05) is 19.1 Å². The average Bonchev–Trinajstić information content (AvgIpc) is 2.33. The molecule has 103 valence electrons. The van der Waals surface area contributed by atoms with Crippen LogP contribution in [0.5, 0.6) is 0 Å². The number of carboxylic acids is 1. The van der Waals surface area contributed by atoms with E-state index < -0.39 is 11.9 Å². The van der Waals surface area contributed by atoms with Crippen LogP contribution in [0, 0.1) is 0 Å².